The molecule has 0 saturated heterocycles. The zero-order valence-electron chi connectivity index (χ0n) is 30.5. The molecule has 0 heterocycles. The largest absolute Gasteiger partial charge is 3.00 e. The van der Waals surface area contributed by atoms with Gasteiger partial charge in [-0.3, -0.25) is 4.79 Å². The van der Waals surface area contributed by atoms with Crippen LogP contribution >= 0.6 is 0 Å². The van der Waals surface area contributed by atoms with E-state index in [4.69, 9.17) is 0 Å². The second-order valence-electron chi connectivity index (χ2n) is 12.0. The van der Waals surface area contributed by atoms with Crippen molar-refractivity contribution in [2.24, 2.45) is 15.3 Å². The van der Waals surface area contributed by atoms with Gasteiger partial charge in [-0.2, -0.15) is 15.3 Å². The summed E-state index contributed by atoms with van der Waals surface area (Å²) in [7, 11) is -7.73. The first kappa shape index (κ1) is 44.1. The van der Waals surface area contributed by atoms with Crippen LogP contribution in [0.3, 0.4) is 0 Å². The van der Waals surface area contributed by atoms with Crippen LogP contribution in [0.4, 0.5) is 11.4 Å². The van der Waals surface area contributed by atoms with E-state index in [1.165, 1.54) is 36.7 Å². The maximum Gasteiger partial charge on any atom is 3.00 e. The van der Waals surface area contributed by atoms with Crippen molar-refractivity contribution in [2.45, 2.75) is 23.6 Å². The van der Waals surface area contributed by atoms with Crippen LogP contribution in [0.25, 0.3) is 9.44 Å². The van der Waals surface area contributed by atoms with Crippen LogP contribution in [0.1, 0.15) is 38.2 Å². The molecule has 0 aliphatic rings. The van der Waals surface area contributed by atoms with Crippen LogP contribution in [-0.2, 0) is 20.0 Å². The Morgan fingerprint density at radius 1 is 0.561 bits per heavy atom. The Bertz CT molecular complexity index is 2570. The van der Waals surface area contributed by atoms with Gasteiger partial charge in [0.15, 0.2) is 0 Å². The zero-order valence-corrected chi connectivity index (χ0v) is 33.9. The molecule has 0 aliphatic carbocycles. The van der Waals surface area contributed by atoms with Gasteiger partial charge in [-0.25, -0.2) is 22.3 Å². The molecule has 57 heavy (non-hydrogen) atoms. The fourth-order valence-electron chi connectivity index (χ4n) is 4.74. The van der Waals surface area contributed by atoms with Crippen molar-refractivity contribution in [3.05, 3.63) is 201 Å². The molecule has 0 unspecified atom stereocenters. The Morgan fingerprint density at radius 3 is 1.44 bits per heavy atom. The first-order valence-corrected chi connectivity index (χ1v) is 19.8. The van der Waals surface area contributed by atoms with E-state index >= 15 is 0 Å². The molecular weight excluding hydrogens is 916 g/mol. The van der Waals surface area contributed by atoms with Crippen molar-refractivity contribution in [2.75, 3.05) is 0 Å². The fourth-order valence-corrected chi connectivity index (χ4v) is 6.76. The molecule has 0 aliphatic heterocycles. The Balaban J connectivity index is 0.000000248. The van der Waals surface area contributed by atoms with Gasteiger partial charge < -0.3 is 14.6 Å². The summed E-state index contributed by atoms with van der Waals surface area (Å²) in [6.07, 6.45) is 2.68. The molecule has 1 amide bonds. The Morgan fingerprint density at radius 2 is 0.965 bits per heavy atom. The molecular formula is C42H35ErN6O6S2. The molecule has 12 nitrogen and oxygen atoms in total. The third kappa shape index (κ3) is 13.2. The molecule has 1 radical (unpaired) electrons. The van der Waals surface area contributed by atoms with Crippen LogP contribution in [0.5, 0.6) is 0 Å². The van der Waals surface area contributed by atoms with E-state index in [1.54, 1.807) is 127 Å². The van der Waals surface area contributed by atoms with Crippen LogP contribution in [0.15, 0.2) is 183 Å². The molecule has 15 heteroatoms. The minimum atomic E-state index is -3.87. The number of benzene rings is 6. The van der Waals surface area contributed by atoms with E-state index < -0.39 is 25.9 Å². The maximum atomic E-state index is 12.6. The number of nitrogens with one attached hydrogen (secondary N) is 1. The van der Waals surface area contributed by atoms with Gasteiger partial charge in [0, 0.05) is 11.5 Å². The minimum absolute atomic E-state index is 0. The Labute approximate surface area is 361 Å². The zero-order chi connectivity index (χ0) is 40.0. The van der Waals surface area contributed by atoms with Crippen molar-refractivity contribution in [3.8, 4) is 0 Å². The summed E-state index contributed by atoms with van der Waals surface area (Å²) in [5.74, 6) is -0.850. The molecule has 0 spiro atoms. The number of hydrazone groups is 1. The van der Waals surface area contributed by atoms with Crippen LogP contribution < -0.4 is 10.5 Å². The van der Waals surface area contributed by atoms with Gasteiger partial charge >= 0.3 is 37.3 Å². The molecule has 0 aromatic heterocycles. The number of rotatable bonds is 12. The first-order valence-electron chi connectivity index (χ1n) is 16.9. The fraction of sp³-hybridized carbons (Fsp3) is 0.0476. The topological polar surface area (TPSA) is 186 Å². The van der Waals surface area contributed by atoms with E-state index in [9.17, 15) is 26.7 Å². The quantitative estimate of drug-likeness (QED) is 0.0745. The molecule has 6 aromatic rings. The molecule has 0 saturated carbocycles. The van der Waals surface area contributed by atoms with Gasteiger partial charge in [-0.05, 0) is 66.9 Å². The number of carbonyl (C=O) groups is 1. The van der Waals surface area contributed by atoms with Gasteiger partial charge in [-0.15, -0.1) is 11.4 Å². The predicted molar refractivity (Wildman–Crippen MR) is 218 cm³/mol. The summed E-state index contributed by atoms with van der Waals surface area (Å²) in [6, 6.07) is 43.4. The van der Waals surface area contributed by atoms with E-state index in [0.717, 1.165) is 11.1 Å². The summed E-state index contributed by atoms with van der Waals surface area (Å²) in [6.45, 7) is 3.75. The van der Waals surface area contributed by atoms with E-state index in [2.05, 4.69) is 30.2 Å². The van der Waals surface area contributed by atoms with Crippen molar-refractivity contribution in [3.63, 3.8) is 0 Å². The average Bonchev–Trinajstić information content (AvgIpc) is 3.20. The standard InChI is InChI=1S/C21H19N3O3S.C21H18N3O3S.Er/c2*1-16-11-13-19(14-12-16)28(26,27)24-20-10-6-5-9-18(20)15-22-23-21(25)17-7-3-2-4-8-17;/h2-15H,1H3,(H2,22,23,24,25);2-15H,1H3,(H-,22,23,24,25);/q;-1;+3/p-2. The first-order chi connectivity index (χ1) is 26.9. The van der Waals surface area contributed by atoms with Gasteiger partial charge in [0.25, 0.3) is 5.91 Å². The van der Waals surface area contributed by atoms with E-state index in [0.29, 0.717) is 22.3 Å². The third-order valence-corrected chi connectivity index (χ3v) is 10.3. The monoisotopic (exact) mass is 949 g/mol. The van der Waals surface area contributed by atoms with Crippen LogP contribution in [-0.4, -0.2) is 41.1 Å². The molecule has 0 bridgehead atoms. The Hall–Kier alpha value is -5.65. The molecule has 6 aromatic carbocycles. The van der Waals surface area contributed by atoms with E-state index in [-0.39, 0.29) is 64.4 Å². The summed E-state index contributed by atoms with van der Waals surface area (Å²) >= 11 is 0. The van der Waals surface area contributed by atoms with Crippen molar-refractivity contribution >= 4 is 55.7 Å². The second-order valence-corrected chi connectivity index (χ2v) is 15.2. The van der Waals surface area contributed by atoms with Crippen LogP contribution in [0, 0.1) is 51.2 Å². The SMILES string of the molecule is Cc1ccc(S(=O)(=O)[N-]c2ccccc2/C=N/N=C(\[O-])c2ccccc2)cc1.Cc1ccc(S(=O)(=O)[N-]c2ccccc2/C=N/NC(=O)c2ccccc2)cc1.[Er+3]. The van der Waals surface area contributed by atoms with Gasteiger partial charge in [0.1, 0.15) is 20.0 Å². The van der Waals surface area contributed by atoms with Crippen molar-refractivity contribution in [1.29, 1.82) is 0 Å². The average molecular weight is 951 g/mol. The number of hydrogen-bond acceptors (Lipinski definition) is 9. The van der Waals surface area contributed by atoms with Gasteiger partial charge in [-0.1, -0.05) is 132 Å². The number of amides is 1. The van der Waals surface area contributed by atoms with Crippen molar-refractivity contribution < 1.29 is 64.0 Å². The predicted octanol–water partition coefficient (Wildman–Crippen LogP) is 7.68. The molecule has 0 atom stereocenters. The summed E-state index contributed by atoms with van der Waals surface area (Å²) in [4.78, 5) is 12.2. The minimum Gasteiger partial charge on any atom is -0.857 e. The molecule has 0 fully saturated rings. The maximum absolute atomic E-state index is 12.6. The second kappa shape index (κ2) is 21.0. The molecule has 293 valence electrons. The molecule has 6 rings (SSSR count). The summed E-state index contributed by atoms with van der Waals surface area (Å²) in [5, 5.41) is 23.3. The number of sulfonamides is 2. The number of hydrogen-bond donors (Lipinski definition) is 1. The van der Waals surface area contributed by atoms with Gasteiger partial charge in [0.05, 0.1) is 22.2 Å². The van der Waals surface area contributed by atoms with Crippen molar-refractivity contribution in [1.82, 2.24) is 5.43 Å². The number of carbonyl (C=O) groups excluding carboxylic acids is 1. The smallest absolute Gasteiger partial charge is 0.857 e. The normalized spacial score (nSPS) is 11.6. The molecule has 1 N–H and O–H groups in total. The third-order valence-electron chi connectivity index (χ3n) is 7.72. The van der Waals surface area contributed by atoms with E-state index in [1.807, 2.05) is 19.9 Å². The van der Waals surface area contributed by atoms with Crippen LogP contribution in [0.2, 0.25) is 0 Å². The summed E-state index contributed by atoms with van der Waals surface area (Å²) < 4.78 is 58.0. The number of aryl methyl sites for hydroxylation is 2. The Kier molecular flexibility index (Phi) is 16.3. The van der Waals surface area contributed by atoms with Gasteiger partial charge in [0.2, 0.25) is 0 Å². The summed E-state index contributed by atoms with van der Waals surface area (Å²) in [5.41, 5.74) is 6.57. The number of nitrogens with zero attached hydrogens (tertiary/aromatic N) is 5.